The fraction of sp³-hybridized carbons (Fsp3) is 0.500. The minimum absolute atomic E-state index is 0.00615. The number of aliphatic hydroxyl groups excluding tert-OH is 1. The predicted octanol–water partition coefficient (Wildman–Crippen LogP) is 3.49. The van der Waals surface area contributed by atoms with E-state index in [9.17, 15) is 9.90 Å². The average molecular weight is 289 g/mol. The van der Waals surface area contributed by atoms with Gasteiger partial charge in [-0.25, -0.2) is 0 Å². The Bertz CT molecular complexity index is 449. The number of aliphatic hydroxyl groups is 1. The van der Waals surface area contributed by atoms with Crippen LogP contribution in [0.2, 0.25) is 0 Å². The number of rotatable bonds is 8. The van der Waals surface area contributed by atoms with E-state index in [0.29, 0.717) is 25.3 Å². The van der Waals surface area contributed by atoms with Gasteiger partial charge in [-0.1, -0.05) is 57.2 Å². The molecule has 0 aromatic heterocycles. The van der Waals surface area contributed by atoms with Crippen molar-refractivity contribution in [1.29, 1.82) is 0 Å². The fourth-order valence-electron chi connectivity index (χ4n) is 1.95. The average Bonchev–Trinajstić information content (AvgIpc) is 2.47. The maximum atomic E-state index is 11.6. The van der Waals surface area contributed by atoms with Crippen LogP contribution < -0.4 is 5.32 Å². The molecule has 3 nitrogen and oxygen atoms in total. The van der Waals surface area contributed by atoms with Crippen molar-refractivity contribution in [1.82, 2.24) is 5.32 Å². The summed E-state index contributed by atoms with van der Waals surface area (Å²) in [6.45, 7) is 6.81. The maximum absolute atomic E-state index is 11.6. The molecule has 0 bridgehead atoms. The van der Waals surface area contributed by atoms with Gasteiger partial charge in [0.2, 0.25) is 5.91 Å². The first-order valence-electron chi connectivity index (χ1n) is 7.74. The lowest BCUT2D eigenvalue weighted by molar-refractivity contribution is -0.120. The Morgan fingerprint density at radius 2 is 1.95 bits per heavy atom. The summed E-state index contributed by atoms with van der Waals surface area (Å²) in [5.41, 5.74) is 2.42. The van der Waals surface area contributed by atoms with Crippen LogP contribution in [-0.2, 0) is 4.79 Å². The lowest BCUT2D eigenvalue weighted by Gasteiger charge is -2.07. The van der Waals surface area contributed by atoms with Crippen molar-refractivity contribution < 1.29 is 9.90 Å². The second-order valence-corrected chi connectivity index (χ2v) is 5.63. The van der Waals surface area contributed by atoms with Gasteiger partial charge >= 0.3 is 0 Å². The van der Waals surface area contributed by atoms with Gasteiger partial charge in [0.1, 0.15) is 0 Å². The third-order valence-corrected chi connectivity index (χ3v) is 3.49. The first-order valence-corrected chi connectivity index (χ1v) is 7.74. The number of carbonyl (C=O) groups is 1. The summed E-state index contributed by atoms with van der Waals surface area (Å²) in [7, 11) is 0. The smallest absolute Gasteiger partial charge is 0.223 e. The highest BCUT2D eigenvalue weighted by Crippen LogP contribution is 2.15. The van der Waals surface area contributed by atoms with Gasteiger partial charge in [0, 0.05) is 13.0 Å². The number of benzene rings is 1. The molecule has 1 amide bonds. The van der Waals surface area contributed by atoms with Crippen molar-refractivity contribution in [2.45, 2.75) is 52.1 Å². The molecule has 2 N–H and O–H groups in total. The van der Waals surface area contributed by atoms with Crippen LogP contribution in [0.15, 0.2) is 30.3 Å². The highest BCUT2D eigenvalue weighted by molar-refractivity contribution is 5.78. The summed E-state index contributed by atoms with van der Waals surface area (Å²) in [5.74, 6) is 0.528. The Morgan fingerprint density at radius 3 is 2.52 bits per heavy atom. The van der Waals surface area contributed by atoms with E-state index < -0.39 is 0 Å². The molecule has 3 heteroatoms. The topological polar surface area (TPSA) is 49.3 Å². The molecule has 0 aliphatic heterocycles. The summed E-state index contributed by atoms with van der Waals surface area (Å²) in [5, 5.41) is 12.2. The van der Waals surface area contributed by atoms with Gasteiger partial charge < -0.3 is 10.4 Å². The highest BCUT2D eigenvalue weighted by atomic mass is 16.3. The van der Waals surface area contributed by atoms with E-state index >= 15 is 0 Å². The Balaban J connectivity index is 2.31. The third-order valence-electron chi connectivity index (χ3n) is 3.49. The van der Waals surface area contributed by atoms with Crippen molar-refractivity contribution in [2.75, 3.05) is 6.54 Å². The van der Waals surface area contributed by atoms with Gasteiger partial charge in [-0.15, -0.1) is 0 Å². The molecule has 21 heavy (non-hydrogen) atoms. The monoisotopic (exact) mass is 289 g/mol. The van der Waals surface area contributed by atoms with Crippen LogP contribution in [0.5, 0.6) is 0 Å². The molecule has 0 aliphatic rings. The molecule has 0 aliphatic carbocycles. The molecule has 1 rings (SSSR count). The van der Waals surface area contributed by atoms with Crippen LogP contribution in [-0.4, -0.2) is 23.7 Å². The fourth-order valence-corrected chi connectivity index (χ4v) is 1.95. The second kappa shape index (κ2) is 9.35. The number of hydrogen-bond donors (Lipinski definition) is 2. The van der Waals surface area contributed by atoms with Crippen molar-refractivity contribution in [3.63, 3.8) is 0 Å². The zero-order valence-corrected chi connectivity index (χ0v) is 13.3. The van der Waals surface area contributed by atoms with E-state index in [4.69, 9.17) is 0 Å². The van der Waals surface area contributed by atoms with Crippen LogP contribution >= 0.6 is 0 Å². The number of amides is 1. The molecule has 1 aromatic rings. The molecule has 0 saturated carbocycles. The normalized spacial score (nSPS) is 12.8. The van der Waals surface area contributed by atoms with Gasteiger partial charge in [-0.2, -0.15) is 0 Å². The van der Waals surface area contributed by atoms with Crippen molar-refractivity contribution in [3.8, 4) is 0 Å². The first-order chi connectivity index (χ1) is 10.0. The van der Waals surface area contributed by atoms with E-state index in [0.717, 1.165) is 12.0 Å². The SMILES string of the molecule is CCC(O)CCNC(=O)C/C=C/c1ccc(C(C)C)cc1. The zero-order valence-electron chi connectivity index (χ0n) is 13.3. The maximum Gasteiger partial charge on any atom is 0.223 e. The molecule has 0 radical (unpaired) electrons. The Kier molecular flexibility index (Phi) is 7.76. The molecular weight excluding hydrogens is 262 g/mol. The molecular formula is C18H27NO2. The van der Waals surface area contributed by atoms with Crippen LogP contribution in [0.25, 0.3) is 6.08 Å². The van der Waals surface area contributed by atoms with Gasteiger partial charge in [0.15, 0.2) is 0 Å². The molecule has 0 spiro atoms. The Labute approximate surface area is 128 Å². The van der Waals surface area contributed by atoms with Gasteiger partial charge in [0.25, 0.3) is 0 Å². The molecule has 0 fully saturated rings. The van der Waals surface area contributed by atoms with Crippen LogP contribution in [0.1, 0.15) is 57.1 Å². The van der Waals surface area contributed by atoms with Crippen molar-refractivity contribution in [3.05, 3.63) is 41.5 Å². The van der Waals surface area contributed by atoms with Crippen molar-refractivity contribution in [2.24, 2.45) is 0 Å². The first kappa shape index (κ1) is 17.4. The van der Waals surface area contributed by atoms with Gasteiger partial charge in [0.05, 0.1) is 6.10 Å². The number of nitrogens with one attached hydrogen (secondary N) is 1. The third kappa shape index (κ3) is 7.09. The van der Waals surface area contributed by atoms with E-state index in [1.165, 1.54) is 5.56 Å². The molecule has 1 aromatic carbocycles. The molecule has 1 atom stereocenters. The Hall–Kier alpha value is -1.61. The number of carbonyl (C=O) groups excluding carboxylic acids is 1. The summed E-state index contributed by atoms with van der Waals surface area (Å²) < 4.78 is 0. The number of hydrogen-bond acceptors (Lipinski definition) is 2. The molecule has 0 saturated heterocycles. The quantitative estimate of drug-likeness (QED) is 0.769. The van der Waals surface area contributed by atoms with E-state index in [1.807, 2.05) is 19.1 Å². The van der Waals surface area contributed by atoms with Crippen LogP contribution in [0.3, 0.4) is 0 Å². The predicted molar refractivity (Wildman–Crippen MR) is 88.1 cm³/mol. The van der Waals surface area contributed by atoms with Crippen molar-refractivity contribution >= 4 is 12.0 Å². The summed E-state index contributed by atoms with van der Waals surface area (Å²) in [4.78, 5) is 11.6. The minimum Gasteiger partial charge on any atom is -0.393 e. The standard InChI is InChI=1S/C18H27NO2/c1-4-17(20)12-13-19-18(21)7-5-6-15-8-10-16(11-9-15)14(2)3/h5-6,8-11,14,17,20H,4,7,12-13H2,1-3H3,(H,19,21)/b6-5+. The minimum atomic E-state index is -0.319. The Morgan fingerprint density at radius 1 is 1.29 bits per heavy atom. The summed E-state index contributed by atoms with van der Waals surface area (Å²) >= 11 is 0. The van der Waals surface area contributed by atoms with E-state index in [2.05, 4.69) is 43.4 Å². The van der Waals surface area contributed by atoms with Crippen LogP contribution in [0, 0.1) is 0 Å². The van der Waals surface area contributed by atoms with E-state index in [-0.39, 0.29) is 12.0 Å². The van der Waals surface area contributed by atoms with Crippen LogP contribution in [0.4, 0.5) is 0 Å². The second-order valence-electron chi connectivity index (χ2n) is 5.63. The summed E-state index contributed by atoms with van der Waals surface area (Å²) in [6.07, 6.45) is 5.22. The molecule has 116 valence electrons. The lowest BCUT2D eigenvalue weighted by atomic mass is 10.0. The zero-order chi connectivity index (χ0) is 15.7. The lowest BCUT2D eigenvalue weighted by Crippen LogP contribution is -2.26. The highest BCUT2D eigenvalue weighted by Gasteiger charge is 2.02. The van der Waals surface area contributed by atoms with Gasteiger partial charge in [-0.3, -0.25) is 4.79 Å². The largest absolute Gasteiger partial charge is 0.393 e. The molecule has 0 heterocycles. The van der Waals surface area contributed by atoms with Gasteiger partial charge in [-0.05, 0) is 29.9 Å². The molecule has 1 unspecified atom stereocenters. The summed E-state index contributed by atoms with van der Waals surface area (Å²) in [6, 6.07) is 8.38. The van der Waals surface area contributed by atoms with E-state index in [1.54, 1.807) is 0 Å².